The predicted octanol–water partition coefficient (Wildman–Crippen LogP) is 3.38. The maximum atomic E-state index is 13.7. The molecule has 0 saturated heterocycles. The molecule has 0 amide bonds. The summed E-state index contributed by atoms with van der Waals surface area (Å²) < 4.78 is 13.7. The monoisotopic (exact) mass is 264 g/mol. The first-order valence-electron chi connectivity index (χ1n) is 5.72. The van der Waals surface area contributed by atoms with Gasteiger partial charge in [-0.05, 0) is 43.3 Å². The van der Waals surface area contributed by atoms with Gasteiger partial charge in [-0.2, -0.15) is 0 Å². The first-order chi connectivity index (χ1) is 8.72. The van der Waals surface area contributed by atoms with E-state index in [0.29, 0.717) is 17.0 Å². The molecule has 0 saturated carbocycles. The van der Waals surface area contributed by atoms with Gasteiger partial charge in [-0.1, -0.05) is 17.7 Å². The summed E-state index contributed by atoms with van der Waals surface area (Å²) in [5.74, 6) is -0.267. The summed E-state index contributed by atoms with van der Waals surface area (Å²) in [4.78, 5) is 3.98. The fourth-order valence-electron chi connectivity index (χ4n) is 1.91. The van der Waals surface area contributed by atoms with Gasteiger partial charge in [0.1, 0.15) is 5.82 Å². The van der Waals surface area contributed by atoms with Crippen LogP contribution in [0.3, 0.4) is 0 Å². The number of aromatic nitrogens is 1. The Morgan fingerprint density at radius 2 is 2.00 bits per heavy atom. The van der Waals surface area contributed by atoms with Gasteiger partial charge < -0.3 is 5.32 Å². The maximum absolute atomic E-state index is 13.7. The van der Waals surface area contributed by atoms with Gasteiger partial charge in [0.05, 0.1) is 0 Å². The number of hydrogen-bond donors (Lipinski definition) is 1. The van der Waals surface area contributed by atoms with Crippen LogP contribution in [0.1, 0.15) is 17.2 Å². The van der Waals surface area contributed by atoms with E-state index in [9.17, 15) is 4.39 Å². The Balaban J connectivity index is 2.26. The van der Waals surface area contributed by atoms with Crippen LogP contribution in [0.5, 0.6) is 0 Å². The van der Waals surface area contributed by atoms with Crippen molar-refractivity contribution in [1.29, 1.82) is 0 Å². The van der Waals surface area contributed by atoms with Crippen molar-refractivity contribution in [3.05, 3.63) is 64.7 Å². The van der Waals surface area contributed by atoms with Gasteiger partial charge in [-0.15, -0.1) is 0 Å². The fraction of sp³-hybridized carbons (Fsp3) is 0.214. The standard InChI is InChI=1S/C14H14ClFN2/c1-17-14(10-5-7-18-8-6-10)9-11-12(15)3-2-4-13(11)16/h2-8,14,17H,9H2,1H3. The molecular formula is C14H14ClFN2. The lowest BCUT2D eigenvalue weighted by molar-refractivity contribution is 0.554. The molecule has 4 heteroatoms. The Morgan fingerprint density at radius 1 is 1.28 bits per heavy atom. The van der Waals surface area contributed by atoms with E-state index in [1.807, 2.05) is 19.2 Å². The van der Waals surface area contributed by atoms with Gasteiger partial charge >= 0.3 is 0 Å². The van der Waals surface area contributed by atoms with Gasteiger partial charge in [0.2, 0.25) is 0 Å². The van der Waals surface area contributed by atoms with Crippen LogP contribution in [-0.4, -0.2) is 12.0 Å². The largest absolute Gasteiger partial charge is 0.313 e. The van der Waals surface area contributed by atoms with Crippen molar-refractivity contribution < 1.29 is 4.39 Å². The minimum absolute atomic E-state index is 0.0161. The highest BCUT2D eigenvalue weighted by Gasteiger charge is 2.15. The second-order valence-corrected chi connectivity index (χ2v) is 4.43. The number of pyridine rings is 1. The lowest BCUT2D eigenvalue weighted by Gasteiger charge is -2.17. The smallest absolute Gasteiger partial charge is 0.127 e. The number of nitrogens with zero attached hydrogens (tertiary/aromatic N) is 1. The highest BCUT2D eigenvalue weighted by atomic mass is 35.5. The summed E-state index contributed by atoms with van der Waals surface area (Å²) in [7, 11) is 1.85. The van der Waals surface area contributed by atoms with Gasteiger partial charge in [-0.25, -0.2) is 4.39 Å². The van der Waals surface area contributed by atoms with E-state index in [0.717, 1.165) is 5.56 Å². The average Bonchev–Trinajstić information content (AvgIpc) is 2.40. The van der Waals surface area contributed by atoms with E-state index in [-0.39, 0.29) is 11.9 Å². The summed E-state index contributed by atoms with van der Waals surface area (Å²) in [6.07, 6.45) is 3.96. The quantitative estimate of drug-likeness (QED) is 0.916. The molecule has 94 valence electrons. The van der Waals surface area contributed by atoms with Crippen molar-refractivity contribution in [1.82, 2.24) is 10.3 Å². The van der Waals surface area contributed by atoms with Crippen molar-refractivity contribution in [3.63, 3.8) is 0 Å². The second-order valence-electron chi connectivity index (χ2n) is 4.03. The number of benzene rings is 1. The van der Waals surface area contributed by atoms with E-state index in [2.05, 4.69) is 10.3 Å². The van der Waals surface area contributed by atoms with Crippen molar-refractivity contribution >= 4 is 11.6 Å². The number of nitrogens with one attached hydrogen (secondary N) is 1. The molecule has 2 nitrogen and oxygen atoms in total. The molecule has 0 aliphatic heterocycles. The molecule has 2 aromatic rings. The molecule has 0 radical (unpaired) electrons. The zero-order chi connectivity index (χ0) is 13.0. The van der Waals surface area contributed by atoms with Gasteiger partial charge in [0, 0.05) is 29.0 Å². The third-order valence-electron chi connectivity index (χ3n) is 2.93. The van der Waals surface area contributed by atoms with Crippen molar-refractivity contribution in [2.75, 3.05) is 7.05 Å². The Labute approximate surface area is 111 Å². The summed E-state index contributed by atoms with van der Waals surface area (Å²) in [5.41, 5.74) is 1.60. The molecule has 0 bridgehead atoms. The van der Waals surface area contributed by atoms with Gasteiger partial charge in [-0.3, -0.25) is 4.98 Å². The van der Waals surface area contributed by atoms with Gasteiger partial charge in [0.15, 0.2) is 0 Å². The maximum Gasteiger partial charge on any atom is 0.127 e. The first-order valence-corrected chi connectivity index (χ1v) is 6.10. The third kappa shape index (κ3) is 2.86. The third-order valence-corrected chi connectivity index (χ3v) is 3.28. The Bertz CT molecular complexity index is 496. The fourth-order valence-corrected chi connectivity index (χ4v) is 2.15. The zero-order valence-electron chi connectivity index (χ0n) is 10.0. The van der Waals surface area contributed by atoms with Crippen LogP contribution in [0.15, 0.2) is 42.7 Å². The van der Waals surface area contributed by atoms with Crippen LogP contribution in [0.25, 0.3) is 0 Å². The molecule has 0 fully saturated rings. The van der Waals surface area contributed by atoms with Crippen LogP contribution in [-0.2, 0) is 6.42 Å². The highest BCUT2D eigenvalue weighted by Crippen LogP contribution is 2.25. The van der Waals surface area contributed by atoms with E-state index in [1.165, 1.54) is 6.07 Å². The van der Waals surface area contributed by atoms with E-state index in [4.69, 9.17) is 11.6 Å². The Morgan fingerprint density at radius 3 is 2.61 bits per heavy atom. The molecule has 1 heterocycles. The molecule has 0 aliphatic rings. The molecule has 0 aliphatic carbocycles. The average molecular weight is 265 g/mol. The summed E-state index contributed by atoms with van der Waals surface area (Å²) in [6, 6.07) is 8.59. The van der Waals surface area contributed by atoms with Gasteiger partial charge in [0.25, 0.3) is 0 Å². The molecular weight excluding hydrogens is 251 g/mol. The summed E-state index contributed by atoms with van der Waals surface area (Å²) >= 11 is 6.04. The van der Waals surface area contributed by atoms with Crippen LogP contribution in [0, 0.1) is 5.82 Å². The lowest BCUT2D eigenvalue weighted by atomic mass is 9.99. The SMILES string of the molecule is CNC(Cc1c(F)cccc1Cl)c1ccncc1. The molecule has 0 spiro atoms. The van der Waals surface area contributed by atoms with Crippen LogP contribution in [0.2, 0.25) is 5.02 Å². The minimum Gasteiger partial charge on any atom is -0.313 e. The Kier molecular flexibility index (Phi) is 4.28. The second kappa shape index (κ2) is 5.94. The number of hydrogen-bond acceptors (Lipinski definition) is 2. The number of likely N-dealkylation sites (N-methyl/N-ethyl adjacent to an activating group) is 1. The highest BCUT2D eigenvalue weighted by molar-refractivity contribution is 6.31. The predicted molar refractivity (Wildman–Crippen MR) is 71.2 cm³/mol. The van der Waals surface area contributed by atoms with E-state index >= 15 is 0 Å². The van der Waals surface area contributed by atoms with Crippen molar-refractivity contribution in [2.24, 2.45) is 0 Å². The molecule has 1 N–H and O–H groups in total. The van der Waals surface area contributed by atoms with Crippen LogP contribution < -0.4 is 5.32 Å². The molecule has 1 atom stereocenters. The molecule has 2 rings (SSSR count). The van der Waals surface area contributed by atoms with E-state index in [1.54, 1.807) is 24.5 Å². The van der Waals surface area contributed by atoms with Crippen molar-refractivity contribution in [3.8, 4) is 0 Å². The molecule has 1 aromatic heterocycles. The van der Waals surface area contributed by atoms with Crippen LogP contribution >= 0.6 is 11.6 Å². The zero-order valence-corrected chi connectivity index (χ0v) is 10.8. The van der Waals surface area contributed by atoms with Crippen LogP contribution in [0.4, 0.5) is 4.39 Å². The Hall–Kier alpha value is -1.45. The molecule has 1 aromatic carbocycles. The normalized spacial score (nSPS) is 12.4. The summed E-state index contributed by atoms with van der Waals surface area (Å²) in [5, 5.41) is 3.63. The molecule has 18 heavy (non-hydrogen) atoms. The van der Waals surface area contributed by atoms with E-state index < -0.39 is 0 Å². The first kappa shape index (κ1) is 13.0. The minimum atomic E-state index is -0.267. The molecule has 1 unspecified atom stereocenters. The lowest BCUT2D eigenvalue weighted by Crippen LogP contribution is -2.19. The number of rotatable bonds is 4. The summed E-state index contributed by atoms with van der Waals surface area (Å²) in [6.45, 7) is 0. The van der Waals surface area contributed by atoms with Crippen molar-refractivity contribution in [2.45, 2.75) is 12.5 Å². The number of halogens is 2. The topological polar surface area (TPSA) is 24.9 Å².